The van der Waals surface area contributed by atoms with E-state index in [1.165, 1.54) is 6.08 Å². The average molecular weight is 168 g/mol. The molecule has 2 N–H and O–H groups in total. The Bertz CT molecular complexity index is 218. The van der Waals surface area contributed by atoms with Gasteiger partial charge in [0, 0.05) is 0 Å². The number of hydrogen-bond donors (Lipinski definition) is 2. The van der Waals surface area contributed by atoms with E-state index in [4.69, 9.17) is 0 Å². The molecular weight excluding hydrogens is 152 g/mol. The quantitative estimate of drug-likeness (QED) is 0.578. The lowest BCUT2D eigenvalue weighted by Crippen LogP contribution is -2.41. The van der Waals surface area contributed by atoms with Gasteiger partial charge in [-0.2, -0.15) is 0 Å². The predicted molar refractivity (Wildman–Crippen MR) is 48.7 cm³/mol. The second-order valence-corrected chi connectivity index (χ2v) is 4.16. The highest BCUT2D eigenvalue weighted by Gasteiger charge is 2.38. The van der Waals surface area contributed by atoms with Gasteiger partial charge in [0.2, 0.25) is 0 Å². The molecule has 68 valence electrons. The first-order chi connectivity index (χ1) is 5.40. The van der Waals surface area contributed by atoms with E-state index >= 15 is 0 Å². The molecule has 1 aliphatic carbocycles. The molecule has 0 spiro atoms. The molecule has 12 heavy (non-hydrogen) atoms. The Morgan fingerprint density at radius 3 is 2.58 bits per heavy atom. The second kappa shape index (κ2) is 2.71. The first-order valence-corrected chi connectivity index (χ1v) is 4.13. The number of hydrogen-bond acceptors (Lipinski definition) is 2. The molecule has 0 aromatic carbocycles. The fraction of sp³-hybridized carbons (Fsp3) is 0.600. The van der Waals surface area contributed by atoms with Crippen molar-refractivity contribution in [1.29, 1.82) is 0 Å². The summed E-state index contributed by atoms with van der Waals surface area (Å²) in [6.45, 7) is 7.42. The summed E-state index contributed by atoms with van der Waals surface area (Å²) in [5.74, 6) is 0. The van der Waals surface area contributed by atoms with Crippen molar-refractivity contribution >= 4 is 0 Å². The van der Waals surface area contributed by atoms with E-state index in [0.29, 0.717) is 6.42 Å². The van der Waals surface area contributed by atoms with Crippen LogP contribution in [0.1, 0.15) is 20.3 Å². The molecule has 0 heterocycles. The van der Waals surface area contributed by atoms with Crippen LogP contribution in [-0.4, -0.2) is 21.9 Å². The summed E-state index contributed by atoms with van der Waals surface area (Å²) in [5, 5.41) is 19.3. The van der Waals surface area contributed by atoms with E-state index in [1.807, 2.05) is 13.8 Å². The first-order valence-electron chi connectivity index (χ1n) is 4.13. The van der Waals surface area contributed by atoms with Crippen LogP contribution in [0.4, 0.5) is 0 Å². The summed E-state index contributed by atoms with van der Waals surface area (Å²) in [6.07, 6.45) is 4.79. The van der Waals surface area contributed by atoms with E-state index in [0.717, 1.165) is 0 Å². The molecule has 0 saturated carbocycles. The van der Waals surface area contributed by atoms with E-state index < -0.39 is 11.7 Å². The van der Waals surface area contributed by atoms with Crippen LogP contribution in [0.2, 0.25) is 0 Å². The molecule has 0 unspecified atom stereocenters. The lowest BCUT2D eigenvalue weighted by atomic mass is 9.72. The van der Waals surface area contributed by atoms with Crippen molar-refractivity contribution in [2.75, 3.05) is 0 Å². The fourth-order valence-corrected chi connectivity index (χ4v) is 1.55. The summed E-state index contributed by atoms with van der Waals surface area (Å²) in [7, 11) is 0. The SMILES string of the molecule is C=C[C@@]1(O)C=C[C@@H](O)C(C)(C)C1. The third kappa shape index (κ3) is 1.59. The Kier molecular flexibility index (Phi) is 2.15. The van der Waals surface area contributed by atoms with Crippen LogP contribution in [0.5, 0.6) is 0 Å². The summed E-state index contributed by atoms with van der Waals surface area (Å²) < 4.78 is 0. The molecular formula is C10H16O2. The average Bonchev–Trinajstić information content (AvgIpc) is 1.97. The van der Waals surface area contributed by atoms with Crippen LogP contribution in [0.3, 0.4) is 0 Å². The predicted octanol–water partition coefficient (Wildman–Crippen LogP) is 1.25. The van der Waals surface area contributed by atoms with E-state index in [2.05, 4.69) is 6.58 Å². The van der Waals surface area contributed by atoms with E-state index in [1.54, 1.807) is 12.2 Å². The zero-order valence-corrected chi connectivity index (χ0v) is 7.62. The van der Waals surface area contributed by atoms with Crippen molar-refractivity contribution in [2.24, 2.45) is 5.41 Å². The third-order valence-corrected chi connectivity index (χ3v) is 2.46. The van der Waals surface area contributed by atoms with Crippen LogP contribution >= 0.6 is 0 Å². The minimum Gasteiger partial charge on any atom is -0.388 e. The highest BCUT2D eigenvalue weighted by Crippen LogP contribution is 2.37. The smallest absolute Gasteiger partial charge is 0.101 e. The third-order valence-electron chi connectivity index (χ3n) is 2.46. The molecule has 0 bridgehead atoms. The Labute approximate surface area is 73.2 Å². The molecule has 1 rings (SSSR count). The van der Waals surface area contributed by atoms with Gasteiger partial charge in [-0.25, -0.2) is 0 Å². The van der Waals surface area contributed by atoms with Crippen molar-refractivity contribution in [3.05, 3.63) is 24.8 Å². The maximum Gasteiger partial charge on any atom is 0.101 e. The monoisotopic (exact) mass is 168 g/mol. The minimum atomic E-state index is -0.942. The highest BCUT2D eigenvalue weighted by molar-refractivity contribution is 5.19. The molecule has 1 aliphatic rings. The zero-order valence-electron chi connectivity index (χ0n) is 7.62. The van der Waals surface area contributed by atoms with Gasteiger partial charge < -0.3 is 10.2 Å². The Morgan fingerprint density at radius 1 is 1.58 bits per heavy atom. The van der Waals surface area contributed by atoms with Gasteiger partial charge in [-0.15, -0.1) is 0 Å². The minimum absolute atomic E-state index is 0.280. The van der Waals surface area contributed by atoms with E-state index in [-0.39, 0.29) is 5.41 Å². The highest BCUT2D eigenvalue weighted by atomic mass is 16.3. The number of aliphatic hydroxyl groups is 2. The topological polar surface area (TPSA) is 40.5 Å². The van der Waals surface area contributed by atoms with Crippen LogP contribution in [0, 0.1) is 5.41 Å². The Morgan fingerprint density at radius 2 is 2.17 bits per heavy atom. The lowest BCUT2D eigenvalue weighted by Gasteiger charge is -2.39. The molecule has 0 fully saturated rings. The van der Waals surface area contributed by atoms with Gasteiger partial charge in [0.1, 0.15) is 5.60 Å². The van der Waals surface area contributed by atoms with Gasteiger partial charge in [0.25, 0.3) is 0 Å². The molecule has 0 aromatic heterocycles. The van der Waals surface area contributed by atoms with Gasteiger partial charge in [-0.1, -0.05) is 38.7 Å². The molecule has 2 nitrogen and oxygen atoms in total. The second-order valence-electron chi connectivity index (χ2n) is 4.16. The van der Waals surface area contributed by atoms with Crippen LogP contribution in [-0.2, 0) is 0 Å². The van der Waals surface area contributed by atoms with Gasteiger partial charge >= 0.3 is 0 Å². The first kappa shape index (κ1) is 9.49. The number of aliphatic hydroxyl groups excluding tert-OH is 1. The standard InChI is InChI=1S/C10H16O2/c1-4-10(12)6-5-8(11)9(2,3)7-10/h4-6,8,11-12H,1,7H2,2-3H3/t8-,10-/m1/s1. The fourth-order valence-electron chi connectivity index (χ4n) is 1.55. The van der Waals surface area contributed by atoms with Crippen molar-refractivity contribution in [2.45, 2.75) is 32.0 Å². The maximum atomic E-state index is 9.82. The van der Waals surface area contributed by atoms with Crippen molar-refractivity contribution < 1.29 is 10.2 Å². The van der Waals surface area contributed by atoms with Gasteiger partial charge in [0.15, 0.2) is 0 Å². The van der Waals surface area contributed by atoms with Gasteiger partial charge in [-0.3, -0.25) is 0 Å². The van der Waals surface area contributed by atoms with Gasteiger partial charge in [-0.05, 0) is 11.8 Å². The van der Waals surface area contributed by atoms with E-state index in [9.17, 15) is 10.2 Å². The van der Waals surface area contributed by atoms with Crippen LogP contribution in [0.25, 0.3) is 0 Å². The molecule has 0 amide bonds. The van der Waals surface area contributed by atoms with Crippen molar-refractivity contribution in [3.63, 3.8) is 0 Å². The Balaban J connectivity index is 2.92. The van der Waals surface area contributed by atoms with Crippen LogP contribution in [0.15, 0.2) is 24.8 Å². The molecule has 2 atom stereocenters. The number of rotatable bonds is 1. The van der Waals surface area contributed by atoms with Gasteiger partial charge in [0.05, 0.1) is 6.10 Å². The Hall–Kier alpha value is -0.600. The molecule has 0 aromatic rings. The summed E-state index contributed by atoms with van der Waals surface area (Å²) in [4.78, 5) is 0. The van der Waals surface area contributed by atoms with Crippen molar-refractivity contribution in [3.8, 4) is 0 Å². The molecule has 2 heteroatoms. The zero-order chi connectivity index (χ0) is 9.41. The van der Waals surface area contributed by atoms with Crippen molar-refractivity contribution in [1.82, 2.24) is 0 Å². The normalized spacial score (nSPS) is 39.5. The maximum absolute atomic E-state index is 9.82. The molecule has 0 radical (unpaired) electrons. The summed E-state index contributed by atoms with van der Waals surface area (Å²) in [5.41, 5.74) is -1.22. The largest absolute Gasteiger partial charge is 0.388 e. The summed E-state index contributed by atoms with van der Waals surface area (Å²) in [6, 6.07) is 0. The lowest BCUT2D eigenvalue weighted by molar-refractivity contribution is 0.00602. The summed E-state index contributed by atoms with van der Waals surface area (Å²) >= 11 is 0. The van der Waals surface area contributed by atoms with Crippen LogP contribution < -0.4 is 0 Å². The molecule has 0 saturated heterocycles. The molecule has 0 aliphatic heterocycles.